The van der Waals surface area contributed by atoms with Gasteiger partial charge < -0.3 is 9.88 Å². The van der Waals surface area contributed by atoms with Crippen molar-refractivity contribution >= 4 is 21.9 Å². The highest BCUT2D eigenvalue weighted by Crippen LogP contribution is 2.31. The van der Waals surface area contributed by atoms with Gasteiger partial charge in [-0.05, 0) is 35.4 Å². The first-order chi connectivity index (χ1) is 11.8. The molecular weight excluding hydrogens is 296 g/mol. The maximum atomic E-state index is 4.85. The minimum Gasteiger partial charge on any atom is -0.313 e. The van der Waals surface area contributed by atoms with E-state index in [1.165, 1.54) is 16.3 Å². The fourth-order valence-electron chi connectivity index (χ4n) is 3.58. The summed E-state index contributed by atoms with van der Waals surface area (Å²) in [6.45, 7) is 4.06. The molecular formula is C20H18N4. The molecule has 1 N–H and O–H groups in total. The van der Waals surface area contributed by atoms with Crippen molar-refractivity contribution in [2.24, 2.45) is 0 Å². The van der Waals surface area contributed by atoms with Crippen LogP contribution in [0.5, 0.6) is 0 Å². The van der Waals surface area contributed by atoms with Crippen LogP contribution < -0.4 is 5.32 Å². The van der Waals surface area contributed by atoms with Gasteiger partial charge in [0.25, 0.3) is 0 Å². The summed E-state index contributed by atoms with van der Waals surface area (Å²) in [4.78, 5) is 9.47. The maximum Gasteiger partial charge on any atom is 0.160 e. The molecule has 2 aromatic heterocycles. The number of benzene rings is 2. The highest BCUT2D eigenvalue weighted by Gasteiger charge is 2.24. The molecule has 1 aliphatic heterocycles. The van der Waals surface area contributed by atoms with Gasteiger partial charge >= 0.3 is 0 Å². The summed E-state index contributed by atoms with van der Waals surface area (Å²) >= 11 is 0. The number of hydrogen-bond acceptors (Lipinski definition) is 3. The molecule has 0 unspecified atom stereocenters. The van der Waals surface area contributed by atoms with Crippen LogP contribution in [0.25, 0.3) is 33.1 Å². The Morgan fingerprint density at radius 3 is 2.67 bits per heavy atom. The quantitative estimate of drug-likeness (QED) is 0.613. The lowest BCUT2D eigenvalue weighted by atomic mass is 10.0. The Balaban J connectivity index is 1.73. The van der Waals surface area contributed by atoms with Crippen LogP contribution in [-0.2, 0) is 0 Å². The van der Waals surface area contributed by atoms with Gasteiger partial charge in [-0.1, -0.05) is 36.4 Å². The van der Waals surface area contributed by atoms with Crippen molar-refractivity contribution in [2.45, 2.75) is 13.0 Å². The minimum absolute atomic E-state index is 0.467. The molecule has 24 heavy (non-hydrogen) atoms. The van der Waals surface area contributed by atoms with Gasteiger partial charge in [-0.25, -0.2) is 9.97 Å². The van der Waals surface area contributed by atoms with Crippen molar-refractivity contribution < 1.29 is 0 Å². The lowest BCUT2D eigenvalue weighted by Gasteiger charge is -2.29. The Bertz CT molecular complexity index is 1060. The van der Waals surface area contributed by atoms with Crippen molar-refractivity contribution in [3.63, 3.8) is 0 Å². The number of pyridine rings is 1. The van der Waals surface area contributed by atoms with Crippen LogP contribution in [0, 0.1) is 6.92 Å². The Morgan fingerprint density at radius 2 is 1.88 bits per heavy atom. The van der Waals surface area contributed by atoms with E-state index in [1.807, 2.05) is 6.20 Å². The molecule has 5 rings (SSSR count). The SMILES string of the molecule is Cc1nc2c(-c3ccc4ccccc4c3)ccnc2n1C1CNC1. The van der Waals surface area contributed by atoms with E-state index in [9.17, 15) is 0 Å². The monoisotopic (exact) mass is 314 g/mol. The second-order valence-electron chi connectivity index (χ2n) is 6.43. The Hall–Kier alpha value is -2.72. The smallest absolute Gasteiger partial charge is 0.160 e. The van der Waals surface area contributed by atoms with Gasteiger partial charge in [-0.3, -0.25) is 0 Å². The van der Waals surface area contributed by atoms with Gasteiger partial charge in [0.15, 0.2) is 5.65 Å². The number of hydrogen-bond donors (Lipinski definition) is 1. The normalized spacial score (nSPS) is 15.0. The zero-order chi connectivity index (χ0) is 16.1. The van der Waals surface area contributed by atoms with Crippen LogP contribution in [-0.4, -0.2) is 27.6 Å². The molecule has 118 valence electrons. The predicted octanol–water partition coefficient (Wildman–Crippen LogP) is 3.70. The molecule has 0 spiro atoms. The summed E-state index contributed by atoms with van der Waals surface area (Å²) in [5.41, 5.74) is 4.33. The lowest BCUT2D eigenvalue weighted by Crippen LogP contribution is -2.43. The number of nitrogens with one attached hydrogen (secondary N) is 1. The first-order valence-corrected chi connectivity index (χ1v) is 8.35. The second kappa shape index (κ2) is 5.14. The number of imidazole rings is 1. The lowest BCUT2D eigenvalue weighted by molar-refractivity contribution is 0.344. The Morgan fingerprint density at radius 1 is 1.04 bits per heavy atom. The fraction of sp³-hybridized carbons (Fsp3) is 0.200. The molecule has 0 amide bonds. The first-order valence-electron chi connectivity index (χ1n) is 8.35. The van der Waals surface area contributed by atoms with Crippen molar-refractivity contribution in [1.29, 1.82) is 0 Å². The van der Waals surface area contributed by atoms with Crippen LogP contribution in [0.1, 0.15) is 11.9 Å². The molecule has 4 heteroatoms. The van der Waals surface area contributed by atoms with E-state index in [0.717, 1.165) is 35.6 Å². The van der Waals surface area contributed by atoms with E-state index < -0.39 is 0 Å². The average molecular weight is 314 g/mol. The maximum absolute atomic E-state index is 4.85. The zero-order valence-electron chi connectivity index (χ0n) is 13.5. The largest absolute Gasteiger partial charge is 0.313 e. The Labute approximate surface area is 140 Å². The summed E-state index contributed by atoms with van der Waals surface area (Å²) in [5, 5.41) is 5.84. The number of fused-ring (bicyclic) bond motifs is 2. The number of nitrogens with zero attached hydrogens (tertiary/aromatic N) is 3. The van der Waals surface area contributed by atoms with Crippen LogP contribution in [0.2, 0.25) is 0 Å². The van der Waals surface area contributed by atoms with E-state index in [1.54, 1.807) is 0 Å². The molecule has 0 saturated carbocycles. The fourth-order valence-corrected chi connectivity index (χ4v) is 3.58. The zero-order valence-corrected chi connectivity index (χ0v) is 13.5. The van der Waals surface area contributed by atoms with Gasteiger partial charge in [0.1, 0.15) is 11.3 Å². The summed E-state index contributed by atoms with van der Waals surface area (Å²) < 4.78 is 2.27. The second-order valence-corrected chi connectivity index (χ2v) is 6.43. The molecule has 0 atom stereocenters. The summed E-state index contributed by atoms with van der Waals surface area (Å²) in [6, 6.07) is 17.6. The number of aryl methyl sites for hydroxylation is 1. The van der Waals surface area contributed by atoms with E-state index in [-0.39, 0.29) is 0 Å². The molecule has 0 radical (unpaired) electrons. The van der Waals surface area contributed by atoms with Crippen molar-refractivity contribution in [3.05, 3.63) is 60.6 Å². The highest BCUT2D eigenvalue weighted by molar-refractivity contribution is 5.94. The molecule has 2 aromatic carbocycles. The third kappa shape index (κ3) is 1.96. The standard InChI is InChI=1S/C20H18N4/c1-13-23-19-18(8-9-22-20(19)24(13)17-11-21-12-17)16-7-6-14-4-2-3-5-15(14)10-16/h2-10,17,21H,11-12H2,1H3. The topological polar surface area (TPSA) is 42.7 Å². The molecule has 0 bridgehead atoms. The van der Waals surface area contributed by atoms with Gasteiger partial charge in [-0.15, -0.1) is 0 Å². The Kier molecular flexibility index (Phi) is 2.94. The minimum atomic E-state index is 0.467. The molecule has 3 heterocycles. The van der Waals surface area contributed by atoms with Crippen molar-refractivity contribution in [2.75, 3.05) is 13.1 Å². The van der Waals surface area contributed by atoms with E-state index in [4.69, 9.17) is 4.98 Å². The number of aromatic nitrogens is 3. The van der Waals surface area contributed by atoms with E-state index in [0.29, 0.717) is 6.04 Å². The van der Waals surface area contributed by atoms with Crippen molar-refractivity contribution in [1.82, 2.24) is 19.9 Å². The molecule has 1 saturated heterocycles. The predicted molar refractivity (Wildman–Crippen MR) is 97.1 cm³/mol. The van der Waals surface area contributed by atoms with E-state index >= 15 is 0 Å². The summed E-state index contributed by atoms with van der Waals surface area (Å²) in [5.74, 6) is 1.04. The van der Waals surface area contributed by atoms with Gasteiger partial charge in [-0.2, -0.15) is 0 Å². The summed E-state index contributed by atoms with van der Waals surface area (Å²) in [7, 11) is 0. The van der Waals surface area contributed by atoms with Gasteiger partial charge in [0.05, 0.1) is 6.04 Å². The number of rotatable bonds is 2. The van der Waals surface area contributed by atoms with Gasteiger partial charge in [0.2, 0.25) is 0 Å². The third-order valence-electron chi connectivity index (χ3n) is 4.94. The van der Waals surface area contributed by atoms with Crippen LogP contribution in [0.4, 0.5) is 0 Å². The first kappa shape index (κ1) is 13.7. The molecule has 4 nitrogen and oxygen atoms in total. The molecule has 0 aliphatic carbocycles. The van der Waals surface area contributed by atoms with Crippen molar-refractivity contribution in [3.8, 4) is 11.1 Å². The van der Waals surface area contributed by atoms with Gasteiger partial charge in [0, 0.05) is 24.8 Å². The highest BCUT2D eigenvalue weighted by atomic mass is 15.2. The average Bonchev–Trinajstić information content (AvgIpc) is 2.89. The third-order valence-corrected chi connectivity index (χ3v) is 4.94. The van der Waals surface area contributed by atoms with Crippen LogP contribution in [0.15, 0.2) is 54.7 Å². The van der Waals surface area contributed by atoms with E-state index in [2.05, 4.69) is 70.3 Å². The molecule has 1 aliphatic rings. The molecule has 4 aromatic rings. The van der Waals surface area contributed by atoms with Crippen LogP contribution in [0.3, 0.4) is 0 Å². The molecule has 1 fully saturated rings. The summed E-state index contributed by atoms with van der Waals surface area (Å²) in [6.07, 6.45) is 1.90. The van der Waals surface area contributed by atoms with Crippen LogP contribution >= 0.6 is 0 Å².